The molecule has 0 radical (unpaired) electrons. The predicted molar refractivity (Wildman–Crippen MR) is 126 cm³/mol. The Bertz CT molecular complexity index is 1080. The fraction of sp³-hybridized carbons (Fsp3) is 0.250. The van der Waals surface area contributed by atoms with Crippen molar-refractivity contribution in [1.82, 2.24) is 15.6 Å². The van der Waals surface area contributed by atoms with Crippen LogP contribution < -0.4 is 16.0 Å². The lowest BCUT2D eigenvalue weighted by atomic mass is 10.0. The molecule has 3 aromatic rings. The second-order valence-corrected chi connectivity index (χ2v) is 8.36. The normalized spacial score (nSPS) is 12.5. The first-order chi connectivity index (χ1) is 15.3. The van der Waals surface area contributed by atoms with Crippen molar-refractivity contribution >= 4 is 34.2 Å². The van der Waals surface area contributed by atoms with Crippen molar-refractivity contribution in [3.63, 3.8) is 0 Å². The molecule has 0 bridgehead atoms. The summed E-state index contributed by atoms with van der Waals surface area (Å²) >= 11 is 1.34. The SMILES string of the molecule is CC(=O)NC(C)c1ccc(-c2csc(NC(=O)CC(NC(C)=O)c3ccccc3)n2)cc1. The molecule has 3 rings (SSSR count). The van der Waals surface area contributed by atoms with Gasteiger partial charge in [0.1, 0.15) is 0 Å². The van der Waals surface area contributed by atoms with Crippen LogP contribution in [0.2, 0.25) is 0 Å². The fourth-order valence-corrected chi connectivity index (χ4v) is 4.07. The summed E-state index contributed by atoms with van der Waals surface area (Å²) in [7, 11) is 0. The molecule has 0 aliphatic rings. The largest absolute Gasteiger partial charge is 0.350 e. The van der Waals surface area contributed by atoms with E-state index in [2.05, 4.69) is 20.9 Å². The molecular weight excluding hydrogens is 424 g/mol. The van der Waals surface area contributed by atoms with E-state index in [9.17, 15) is 14.4 Å². The summed E-state index contributed by atoms with van der Waals surface area (Å²) in [5.41, 5.74) is 3.54. The molecule has 0 saturated carbocycles. The number of carbonyl (C=O) groups excluding carboxylic acids is 3. The first kappa shape index (κ1) is 23.1. The summed E-state index contributed by atoms with van der Waals surface area (Å²) in [6.45, 7) is 4.86. The molecule has 0 fully saturated rings. The molecule has 166 valence electrons. The van der Waals surface area contributed by atoms with Crippen molar-refractivity contribution in [3.05, 3.63) is 71.1 Å². The van der Waals surface area contributed by atoms with Gasteiger partial charge in [0.05, 0.1) is 24.2 Å². The Hall–Kier alpha value is -3.52. The molecule has 1 heterocycles. The van der Waals surface area contributed by atoms with Crippen LogP contribution in [-0.2, 0) is 14.4 Å². The molecule has 3 amide bonds. The molecule has 0 aliphatic carbocycles. The first-order valence-electron chi connectivity index (χ1n) is 10.3. The van der Waals surface area contributed by atoms with E-state index in [0.29, 0.717) is 5.13 Å². The van der Waals surface area contributed by atoms with Crippen LogP contribution in [-0.4, -0.2) is 22.7 Å². The predicted octanol–water partition coefficient (Wildman–Crippen LogP) is 4.21. The molecule has 0 saturated heterocycles. The molecule has 8 heteroatoms. The molecule has 0 aliphatic heterocycles. The number of benzene rings is 2. The highest BCUT2D eigenvalue weighted by molar-refractivity contribution is 7.14. The topological polar surface area (TPSA) is 100 Å². The van der Waals surface area contributed by atoms with E-state index in [1.165, 1.54) is 25.2 Å². The van der Waals surface area contributed by atoms with E-state index < -0.39 is 6.04 Å². The van der Waals surface area contributed by atoms with Crippen molar-refractivity contribution < 1.29 is 14.4 Å². The Labute approximate surface area is 191 Å². The molecule has 3 N–H and O–H groups in total. The first-order valence-corrected chi connectivity index (χ1v) is 11.1. The average Bonchev–Trinajstić information content (AvgIpc) is 3.21. The summed E-state index contributed by atoms with van der Waals surface area (Å²) in [4.78, 5) is 39.9. The van der Waals surface area contributed by atoms with Gasteiger partial charge in [-0.15, -0.1) is 11.3 Å². The zero-order valence-electron chi connectivity index (χ0n) is 18.2. The highest BCUT2D eigenvalue weighted by Crippen LogP contribution is 2.27. The summed E-state index contributed by atoms with van der Waals surface area (Å²) in [6, 6.07) is 16.7. The molecular formula is C24H26N4O3S. The van der Waals surface area contributed by atoms with Gasteiger partial charge >= 0.3 is 0 Å². The number of rotatable bonds is 8. The number of nitrogens with one attached hydrogen (secondary N) is 3. The lowest BCUT2D eigenvalue weighted by Gasteiger charge is -2.17. The summed E-state index contributed by atoms with van der Waals surface area (Å²) in [6.07, 6.45) is 0.105. The Kier molecular flexibility index (Phi) is 7.72. The van der Waals surface area contributed by atoms with Crippen LogP contribution in [0.25, 0.3) is 11.3 Å². The van der Waals surface area contributed by atoms with Gasteiger partial charge in [-0.3, -0.25) is 14.4 Å². The van der Waals surface area contributed by atoms with Crippen LogP contribution in [0, 0.1) is 0 Å². The molecule has 0 spiro atoms. The number of thiazole rings is 1. The third kappa shape index (κ3) is 6.49. The molecule has 7 nitrogen and oxygen atoms in total. The molecule has 1 aromatic heterocycles. The van der Waals surface area contributed by atoms with Crippen LogP contribution in [0.1, 0.15) is 50.4 Å². The van der Waals surface area contributed by atoms with E-state index in [4.69, 9.17) is 0 Å². The van der Waals surface area contributed by atoms with Crippen molar-refractivity contribution in [1.29, 1.82) is 0 Å². The lowest BCUT2D eigenvalue weighted by molar-refractivity contribution is -0.121. The van der Waals surface area contributed by atoms with Gasteiger partial charge in [-0.25, -0.2) is 4.98 Å². The third-order valence-electron chi connectivity index (χ3n) is 4.85. The van der Waals surface area contributed by atoms with Crippen molar-refractivity contribution in [2.75, 3.05) is 5.32 Å². The van der Waals surface area contributed by atoms with Gasteiger partial charge in [0.25, 0.3) is 0 Å². The fourth-order valence-electron chi connectivity index (χ4n) is 3.33. The van der Waals surface area contributed by atoms with Crippen LogP contribution in [0.4, 0.5) is 5.13 Å². The maximum atomic E-state index is 12.6. The molecule has 32 heavy (non-hydrogen) atoms. The van der Waals surface area contributed by atoms with Crippen molar-refractivity contribution in [2.45, 2.75) is 39.3 Å². The van der Waals surface area contributed by atoms with Gasteiger partial charge in [-0.1, -0.05) is 54.6 Å². The number of carbonyl (C=O) groups is 3. The minimum absolute atomic E-state index is 0.0746. The summed E-state index contributed by atoms with van der Waals surface area (Å²) < 4.78 is 0. The van der Waals surface area contributed by atoms with E-state index in [0.717, 1.165) is 22.4 Å². The third-order valence-corrected chi connectivity index (χ3v) is 5.60. The zero-order chi connectivity index (χ0) is 23.1. The van der Waals surface area contributed by atoms with Gasteiger partial charge in [-0.05, 0) is 18.1 Å². The van der Waals surface area contributed by atoms with Crippen LogP contribution in [0.5, 0.6) is 0 Å². The van der Waals surface area contributed by atoms with Crippen molar-refractivity contribution in [2.24, 2.45) is 0 Å². The zero-order valence-corrected chi connectivity index (χ0v) is 19.0. The van der Waals surface area contributed by atoms with Gasteiger partial charge in [-0.2, -0.15) is 0 Å². The monoisotopic (exact) mass is 450 g/mol. The van der Waals surface area contributed by atoms with Gasteiger partial charge < -0.3 is 16.0 Å². The van der Waals surface area contributed by atoms with Gasteiger partial charge in [0.15, 0.2) is 5.13 Å². The maximum absolute atomic E-state index is 12.6. The molecule has 2 unspecified atom stereocenters. The number of nitrogens with zero attached hydrogens (tertiary/aromatic N) is 1. The quantitative estimate of drug-likeness (QED) is 0.478. The smallest absolute Gasteiger partial charge is 0.228 e. The maximum Gasteiger partial charge on any atom is 0.228 e. The summed E-state index contributed by atoms with van der Waals surface area (Å²) in [5, 5.41) is 10.9. The number of hydrogen-bond donors (Lipinski definition) is 3. The van der Waals surface area contributed by atoms with E-state index in [-0.39, 0.29) is 30.2 Å². The Morgan fingerprint density at radius 3 is 2.19 bits per heavy atom. The average molecular weight is 451 g/mol. The van der Waals surface area contributed by atoms with Crippen molar-refractivity contribution in [3.8, 4) is 11.3 Å². The van der Waals surface area contributed by atoms with Gasteiger partial charge in [0.2, 0.25) is 17.7 Å². The highest BCUT2D eigenvalue weighted by atomic mass is 32.1. The molecule has 2 aromatic carbocycles. The number of hydrogen-bond acceptors (Lipinski definition) is 5. The van der Waals surface area contributed by atoms with Crippen LogP contribution in [0.15, 0.2) is 60.0 Å². The van der Waals surface area contributed by atoms with Crippen LogP contribution >= 0.6 is 11.3 Å². The second-order valence-electron chi connectivity index (χ2n) is 7.50. The Morgan fingerprint density at radius 2 is 1.56 bits per heavy atom. The number of amides is 3. The minimum atomic E-state index is -0.411. The number of aromatic nitrogens is 1. The molecule has 2 atom stereocenters. The van der Waals surface area contributed by atoms with E-state index in [1.54, 1.807) is 0 Å². The van der Waals surface area contributed by atoms with Gasteiger partial charge in [0, 0.05) is 24.8 Å². The Morgan fingerprint density at radius 1 is 0.906 bits per heavy atom. The standard InChI is InChI=1S/C24H26N4O3S/c1-15(25-16(2)29)18-9-11-20(12-10-18)22-14-32-24(27-22)28-23(31)13-21(26-17(3)30)19-7-5-4-6-8-19/h4-12,14-15,21H,13H2,1-3H3,(H,25,29)(H,26,30)(H,27,28,31). The van der Waals surface area contributed by atoms with E-state index in [1.807, 2.05) is 66.9 Å². The second kappa shape index (κ2) is 10.7. The van der Waals surface area contributed by atoms with E-state index >= 15 is 0 Å². The summed E-state index contributed by atoms with van der Waals surface area (Å²) in [5.74, 6) is -0.498. The lowest BCUT2D eigenvalue weighted by Crippen LogP contribution is -2.29. The minimum Gasteiger partial charge on any atom is -0.350 e. The van der Waals surface area contributed by atoms with Crippen LogP contribution in [0.3, 0.4) is 0 Å². The Balaban J connectivity index is 1.64. The number of anilines is 1. The highest BCUT2D eigenvalue weighted by Gasteiger charge is 2.18.